The predicted octanol–water partition coefficient (Wildman–Crippen LogP) is 2.68. The second kappa shape index (κ2) is 5.30. The lowest BCUT2D eigenvalue weighted by atomic mass is 9.80. The summed E-state index contributed by atoms with van der Waals surface area (Å²) in [6, 6.07) is 3.87. The molecule has 23 heavy (non-hydrogen) atoms. The first-order valence-corrected chi connectivity index (χ1v) is 7.81. The fraction of sp³-hybridized carbons (Fsp3) is 0.588. The average molecular weight is 321 g/mol. The van der Waals surface area contributed by atoms with Crippen LogP contribution in [0, 0.1) is 0 Å². The van der Waals surface area contributed by atoms with Crippen molar-refractivity contribution in [1.82, 2.24) is 4.90 Å². The number of ether oxygens (including phenoxy) is 4. The summed E-state index contributed by atoms with van der Waals surface area (Å²) in [4.78, 5) is 14.0. The first-order valence-electron chi connectivity index (χ1n) is 7.81. The van der Waals surface area contributed by atoms with Gasteiger partial charge in [0.25, 0.3) is 0 Å². The van der Waals surface area contributed by atoms with E-state index in [9.17, 15) is 4.79 Å². The van der Waals surface area contributed by atoms with Crippen LogP contribution in [0.1, 0.15) is 31.9 Å². The fourth-order valence-corrected chi connectivity index (χ4v) is 3.73. The number of cyclic esters (lactones) is 1. The third kappa shape index (κ3) is 2.01. The van der Waals surface area contributed by atoms with Crippen LogP contribution in [0.3, 0.4) is 0 Å². The van der Waals surface area contributed by atoms with E-state index in [0.717, 1.165) is 17.5 Å². The summed E-state index contributed by atoms with van der Waals surface area (Å²) in [7, 11) is 3.21. The van der Waals surface area contributed by atoms with Gasteiger partial charge >= 0.3 is 6.09 Å². The number of rotatable bonds is 4. The van der Waals surface area contributed by atoms with Crippen LogP contribution in [0.2, 0.25) is 0 Å². The maximum Gasteiger partial charge on any atom is 0.413 e. The Bertz CT molecular complexity index is 642. The number of amides is 1. The standard InChI is InChI=1S/C17H23NO5/c1-6-22-17-12-10-14(21-5)13(20-4)9-11(12)7-8-18(17)15(19)23-16(17,2)3/h9-10H,6-8H2,1-5H3. The number of carbonyl (C=O) groups excluding carboxylic acids is 1. The summed E-state index contributed by atoms with van der Waals surface area (Å²) >= 11 is 0. The normalized spacial score (nSPS) is 24.7. The molecule has 126 valence electrons. The average Bonchev–Trinajstić information content (AvgIpc) is 2.72. The molecule has 0 N–H and O–H groups in total. The lowest BCUT2D eigenvalue weighted by Gasteiger charge is -2.46. The highest BCUT2D eigenvalue weighted by Crippen LogP contribution is 2.52. The topological polar surface area (TPSA) is 57.2 Å². The van der Waals surface area contributed by atoms with E-state index in [4.69, 9.17) is 18.9 Å². The number of hydrogen-bond donors (Lipinski definition) is 0. The van der Waals surface area contributed by atoms with Gasteiger partial charge in [-0.2, -0.15) is 0 Å². The second-order valence-corrected chi connectivity index (χ2v) is 6.22. The molecule has 1 saturated heterocycles. The van der Waals surface area contributed by atoms with Crippen molar-refractivity contribution in [3.05, 3.63) is 23.3 Å². The summed E-state index contributed by atoms with van der Waals surface area (Å²) in [6.45, 7) is 6.69. The van der Waals surface area contributed by atoms with Gasteiger partial charge in [0.15, 0.2) is 17.1 Å². The molecule has 6 heteroatoms. The van der Waals surface area contributed by atoms with Crippen LogP contribution in [-0.2, 0) is 21.6 Å². The molecule has 1 atom stereocenters. The van der Waals surface area contributed by atoms with Gasteiger partial charge in [0.05, 0.1) is 14.2 Å². The molecular weight excluding hydrogens is 298 g/mol. The number of methoxy groups -OCH3 is 2. The minimum Gasteiger partial charge on any atom is -0.493 e. The van der Waals surface area contributed by atoms with Gasteiger partial charge in [0.2, 0.25) is 5.72 Å². The van der Waals surface area contributed by atoms with E-state index < -0.39 is 11.3 Å². The smallest absolute Gasteiger partial charge is 0.413 e. The Morgan fingerprint density at radius 2 is 1.87 bits per heavy atom. The molecule has 0 radical (unpaired) electrons. The molecule has 1 aromatic carbocycles. The lowest BCUT2D eigenvalue weighted by Crippen LogP contribution is -2.58. The van der Waals surface area contributed by atoms with Gasteiger partial charge in [-0.05, 0) is 44.9 Å². The minimum atomic E-state index is -0.952. The molecular formula is C17H23NO5. The predicted molar refractivity (Wildman–Crippen MR) is 83.8 cm³/mol. The van der Waals surface area contributed by atoms with Gasteiger partial charge < -0.3 is 18.9 Å². The molecule has 6 nitrogen and oxygen atoms in total. The zero-order chi connectivity index (χ0) is 16.8. The van der Waals surface area contributed by atoms with Crippen molar-refractivity contribution < 1.29 is 23.7 Å². The van der Waals surface area contributed by atoms with Gasteiger partial charge in [-0.3, -0.25) is 4.90 Å². The molecule has 2 heterocycles. The Hall–Kier alpha value is -1.95. The molecule has 0 aromatic heterocycles. The van der Waals surface area contributed by atoms with Crippen molar-refractivity contribution in [3.8, 4) is 11.5 Å². The molecule has 0 bridgehead atoms. The van der Waals surface area contributed by atoms with Gasteiger partial charge in [-0.15, -0.1) is 0 Å². The van der Waals surface area contributed by atoms with Crippen molar-refractivity contribution in [3.63, 3.8) is 0 Å². The maximum absolute atomic E-state index is 12.4. The van der Waals surface area contributed by atoms with Crippen LogP contribution >= 0.6 is 0 Å². The highest BCUT2D eigenvalue weighted by molar-refractivity contribution is 5.74. The summed E-state index contributed by atoms with van der Waals surface area (Å²) in [5, 5.41) is 0. The van der Waals surface area contributed by atoms with Crippen LogP contribution in [0.4, 0.5) is 4.79 Å². The number of nitrogens with zero attached hydrogens (tertiary/aromatic N) is 1. The van der Waals surface area contributed by atoms with Gasteiger partial charge in [0.1, 0.15) is 0 Å². The molecule has 1 fully saturated rings. The Morgan fingerprint density at radius 1 is 1.22 bits per heavy atom. The first-order chi connectivity index (χ1) is 10.9. The number of fused-ring (bicyclic) bond motifs is 3. The van der Waals surface area contributed by atoms with Crippen molar-refractivity contribution in [2.75, 3.05) is 27.4 Å². The number of carbonyl (C=O) groups is 1. The third-order valence-electron chi connectivity index (χ3n) is 4.69. The van der Waals surface area contributed by atoms with Crippen LogP contribution in [0.5, 0.6) is 11.5 Å². The van der Waals surface area contributed by atoms with E-state index in [2.05, 4.69) is 0 Å². The van der Waals surface area contributed by atoms with E-state index in [0.29, 0.717) is 24.7 Å². The summed E-state index contributed by atoms with van der Waals surface area (Å²) < 4.78 is 22.6. The van der Waals surface area contributed by atoms with Crippen molar-refractivity contribution in [2.45, 2.75) is 38.5 Å². The molecule has 1 unspecified atom stereocenters. The van der Waals surface area contributed by atoms with Crippen LogP contribution < -0.4 is 9.47 Å². The van der Waals surface area contributed by atoms with Crippen molar-refractivity contribution in [2.24, 2.45) is 0 Å². The number of benzene rings is 1. The van der Waals surface area contributed by atoms with E-state index in [1.807, 2.05) is 32.9 Å². The van der Waals surface area contributed by atoms with Crippen LogP contribution in [0.25, 0.3) is 0 Å². The quantitative estimate of drug-likeness (QED) is 0.853. The summed E-state index contributed by atoms with van der Waals surface area (Å²) in [5.74, 6) is 1.29. The van der Waals surface area contributed by atoms with E-state index in [-0.39, 0.29) is 6.09 Å². The van der Waals surface area contributed by atoms with Gasteiger partial charge in [0, 0.05) is 18.7 Å². The molecule has 2 aliphatic rings. The fourth-order valence-electron chi connectivity index (χ4n) is 3.73. The van der Waals surface area contributed by atoms with Gasteiger partial charge in [-0.1, -0.05) is 0 Å². The zero-order valence-corrected chi connectivity index (χ0v) is 14.3. The largest absolute Gasteiger partial charge is 0.493 e. The Kier molecular flexibility index (Phi) is 3.67. The van der Waals surface area contributed by atoms with E-state index in [1.165, 1.54) is 0 Å². The maximum atomic E-state index is 12.4. The van der Waals surface area contributed by atoms with Gasteiger partial charge in [-0.25, -0.2) is 4.79 Å². The molecule has 1 amide bonds. The number of hydrogen-bond acceptors (Lipinski definition) is 5. The van der Waals surface area contributed by atoms with E-state index >= 15 is 0 Å². The molecule has 1 aromatic rings. The molecule has 3 rings (SSSR count). The zero-order valence-electron chi connectivity index (χ0n) is 14.3. The summed E-state index contributed by atoms with van der Waals surface area (Å²) in [5.41, 5.74) is 0.221. The third-order valence-corrected chi connectivity index (χ3v) is 4.69. The molecule has 2 aliphatic heterocycles. The highest BCUT2D eigenvalue weighted by atomic mass is 16.6. The van der Waals surface area contributed by atoms with E-state index in [1.54, 1.807) is 19.1 Å². The highest BCUT2D eigenvalue weighted by Gasteiger charge is 2.64. The first kappa shape index (κ1) is 15.9. The van der Waals surface area contributed by atoms with Crippen molar-refractivity contribution in [1.29, 1.82) is 0 Å². The molecule has 0 saturated carbocycles. The lowest BCUT2D eigenvalue weighted by molar-refractivity contribution is -0.192. The molecule has 0 spiro atoms. The monoisotopic (exact) mass is 321 g/mol. The minimum absolute atomic E-state index is 0.344. The summed E-state index contributed by atoms with van der Waals surface area (Å²) in [6.07, 6.45) is 0.374. The molecule has 0 aliphatic carbocycles. The van der Waals surface area contributed by atoms with Crippen molar-refractivity contribution >= 4 is 6.09 Å². The Balaban J connectivity index is 2.26. The SMILES string of the molecule is CCOC12c3cc(OC)c(OC)cc3CCN1C(=O)OC2(C)C. The van der Waals surface area contributed by atoms with Crippen LogP contribution in [0.15, 0.2) is 12.1 Å². The van der Waals surface area contributed by atoms with Crippen LogP contribution in [-0.4, -0.2) is 44.0 Å². The Labute approximate surface area is 136 Å². The second-order valence-electron chi connectivity index (χ2n) is 6.22. The Morgan fingerprint density at radius 3 is 2.48 bits per heavy atom.